The van der Waals surface area contributed by atoms with Crippen LogP contribution in [0.15, 0.2) is 11.6 Å². The SMILES string of the molecule is O=C(C1CCCN(Cc2nccs2)C1)N1CCNCC1. The van der Waals surface area contributed by atoms with Crippen LogP contribution in [-0.2, 0) is 11.3 Å². The molecular weight excluding hydrogens is 272 g/mol. The van der Waals surface area contributed by atoms with Crippen LogP contribution in [0.25, 0.3) is 0 Å². The first-order valence-electron chi connectivity index (χ1n) is 7.43. The van der Waals surface area contributed by atoms with Crippen molar-refractivity contribution in [3.63, 3.8) is 0 Å². The fraction of sp³-hybridized carbons (Fsp3) is 0.714. The van der Waals surface area contributed by atoms with E-state index in [-0.39, 0.29) is 5.92 Å². The van der Waals surface area contributed by atoms with Crippen molar-refractivity contribution >= 4 is 17.2 Å². The topological polar surface area (TPSA) is 48.5 Å². The Hall–Kier alpha value is -0.980. The van der Waals surface area contributed by atoms with Crippen LogP contribution in [0, 0.1) is 5.92 Å². The number of hydrogen-bond acceptors (Lipinski definition) is 5. The monoisotopic (exact) mass is 294 g/mol. The molecule has 0 saturated carbocycles. The summed E-state index contributed by atoms with van der Waals surface area (Å²) in [6.07, 6.45) is 4.01. The second kappa shape index (κ2) is 6.65. The zero-order valence-electron chi connectivity index (χ0n) is 11.8. The Balaban J connectivity index is 1.55. The summed E-state index contributed by atoms with van der Waals surface area (Å²) in [7, 11) is 0. The summed E-state index contributed by atoms with van der Waals surface area (Å²) in [6.45, 7) is 6.46. The summed E-state index contributed by atoms with van der Waals surface area (Å²) in [5, 5.41) is 6.47. The summed E-state index contributed by atoms with van der Waals surface area (Å²) < 4.78 is 0. The normalized spacial score (nSPS) is 24.8. The smallest absolute Gasteiger partial charge is 0.227 e. The van der Waals surface area contributed by atoms with Gasteiger partial charge in [-0.2, -0.15) is 0 Å². The Kier molecular flexibility index (Phi) is 4.65. The van der Waals surface area contributed by atoms with Gasteiger partial charge in [-0.1, -0.05) is 0 Å². The predicted molar refractivity (Wildman–Crippen MR) is 79.6 cm³/mol. The van der Waals surface area contributed by atoms with Gasteiger partial charge in [0.25, 0.3) is 0 Å². The number of amides is 1. The average Bonchev–Trinajstić information content (AvgIpc) is 3.01. The maximum Gasteiger partial charge on any atom is 0.227 e. The lowest BCUT2D eigenvalue weighted by Gasteiger charge is -2.36. The van der Waals surface area contributed by atoms with Crippen LogP contribution in [0.3, 0.4) is 0 Å². The first kappa shape index (κ1) is 14.0. The van der Waals surface area contributed by atoms with E-state index in [9.17, 15) is 4.79 Å². The lowest BCUT2D eigenvalue weighted by molar-refractivity contribution is -0.138. The zero-order valence-corrected chi connectivity index (χ0v) is 12.6. The third-order valence-corrected chi connectivity index (χ3v) is 4.89. The molecule has 1 amide bonds. The molecule has 20 heavy (non-hydrogen) atoms. The molecule has 5 nitrogen and oxygen atoms in total. The third kappa shape index (κ3) is 3.37. The van der Waals surface area contributed by atoms with Crippen LogP contribution < -0.4 is 5.32 Å². The van der Waals surface area contributed by atoms with Crippen molar-refractivity contribution < 1.29 is 4.79 Å². The van der Waals surface area contributed by atoms with E-state index in [1.807, 2.05) is 16.5 Å². The number of rotatable bonds is 3. The fourth-order valence-electron chi connectivity index (χ4n) is 3.07. The van der Waals surface area contributed by atoms with Gasteiger partial charge in [-0.25, -0.2) is 4.98 Å². The minimum absolute atomic E-state index is 0.182. The van der Waals surface area contributed by atoms with Gasteiger partial charge in [-0.15, -0.1) is 11.3 Å². The van der Waals surface area contributed by atoms with Gasteiger partial charge in [0.2, 0.25) is 5.91 Å². The maximum atomic E-state index is 12.6. The number of carbonyl (C=O) groups is 1. The van der Waals surface area contributed by atoms with Gasteiger partial charge in [0.05, 0.1) is 12.5 Å². The molecule has 3 heterocycles. The van der Waals surface area contributed by atoms with Gasteiger partial charge in [0, 0.05) is 44.3 Å². The molecule has 2 fully saturated rings. The molecule has 0 radical (unpaired) electrons. The van der Waals surface area contributed by atoms with Gasteiger partial charge in [-0.05, 0) is 19.4 Å². The Morgan fingerprint density at radius 1 is 1.40 bits per heavy atom. The van der Waals surface area contributed by atoms with Crippen molar-refractivity contribution in [1.82, 2.24) is 20.1 Å². The van der Waals surface area contributed by atoms with E-state index < -0.39 is 0 Å². The predicted octanol–water partition coefficient (Wildman–Crippen LogP) is 0.787. The summed E-state index contributed by atoms with van der Waals surface area (Å²) in [5.41, 5.74) is 0. The van der Waals surface area contributed by atoms with E-state index in [2.05, 4.69) is 15.2 Å². The highest BCUT2D eigenvalue weighted by Crippen LogP contribution is 2.21. The van der Waals surface area contributed by atoms with Crippen molar-refractivity contribution in [1.29, 1.82) is 0 Å². The summed E-state index contributed by atoms with van der Waals surface area (Å²) in [5.74, 6) is 0.539. The molecule has 2 saturated heterocycles. The highest BCUT2D eigenvalue weighted by atomic mass is 32.1. The van der Waals surface area contributed by atoms with E-state index in [0.29, 0.717) is 5.91 Å². The molecular formula is C14H22N4OS. The molecule has 1 unspecified atom stereocenters. The Bertz CT molecular complexity index is 430. The fourth-order valence-corrected chi connectivity index (χ4v) is 3.72. The number of nitrogens with one attached hydrogen (secondary N) is 1. The van der Waals surface area contributed by atoms with E-state index in [4.69, 9.17) is 0 Å². The zero-order chi connectivity index (χ0) is 13.8. The van der Waals surface area contributed by atoms with Crippen molar-refractivity contribution in [2.45, 2.75) is 19.4 Å². The van der Waals surface area contributed by atoms with E-state index in [0.717, 1.165) is 63.7 Å². The van der Waals surface area contributed by atoms with Crippen LogP contribution in [0.4, 0.5) is 0 Å². The van der Waals surface area contributed by atoms with Gasteiger partial charge >= 0.3 is 0 Å². The van der Waals surface area contributed by atoms with Crippen molar-refractivity contribution in [2.75, 3.05) is 39.3 Å². The molecule has 1 aromatic rings. The number of likely N-dealkylation sites (tertiary alicyclic amines) is 1. The van der Waals surface area contributed by atoms with E-state index in [1.54, 1.807) is 11.3 Å². The molecule has 0 aromatic carbocycles. The first-order chi connectivity index (χ1) is 9.83. The molecule has 1 N–H and O–H groups in total. The Morgan fingerprint density at radius 3 is 3.00 bits per heavy atom. The summed E-state index contributed by atoms with van der Waals surface area (Å²) >= 11 is 1.70. The lowest BCUT2D eigenvalue weighted by Crippen LogP contribution is -2.51. The molecule has 0 spiro atoms. The maximum absolute atomic E-state index is 12.6. The van der Waals surface area contributed by atoms with Crippen molar-refractivity contribution in [3.05, 3.63) is 16.6 Å². The van der Waals surface area contributed by atoms with Crippen LogP contribution >= 0.6 is 11.3 Å². The van der Waals surface area contributed by atoms with Gasteiger partial charge in [-0.3, -0.25) is 9.69 Å². The van der Waals surface area contributed by atoms with Crippen LogP contribution in [0.1, 0.15) is 17.8 Å². The van der Waals surface area contributed by atoms with Crippen molar-refractivity contribution in [3.8, 4) is 0 Å². The average molecular weight is 294 g/mol. The van der Waals surface area contributed by atoms with E-state index in [1.165, 1.54) is 0 Å². The molecule has 2 aliphatic rings. The highest BCUT2D eigenvalue weighted by molar-refractivity contribution is 7.09. The Labute approximate surface area is 124 Å². The van der Waals surface area contributed by atoms with Gasteiger partial charge < -0.3 is 10.2 Å². The second-order valence-electron chi connectivity index (χ2n) is 5.58. The molecule has 0 bridgehead atoms. The molecule has 6 heteroatoms. The minimum atomic E-state index is 0.182. The van der Waals surface area contributed by atoms with Crippen LogP contribution in [0.5, 0.6) is 0 Å². The molecule has 1 atom stereocenters. The standard InChI is InChI=1S/C14H22N4OS/c19-14(18-7-3-15-4-8-18)12-2-1-6-17(10-12)11-13-16-5-9-20-13/h5,9,12,15H,1-4,6-8,10-11H2. The largest absolute Gasteiger partial charge is 0.340 e. The number of piperazine rings is 1. The second-order valence-corrected chi connectivity index (χ2v) is 6.55. The molecule has 0 aliphatic carbocycles. The highest BCUT2D eigenvalue weighted by Gasteiger charge is 2.29. The number of carbonyl (C=O) groups excluding carboxylic acids is 1. The molecule has 2 aliphatic heterocycles. The first-order valence-corrected chi connectivity index (χ1v) is 8.31. The molecule has 3 rings (SSSR count). The summed E-state index contributed by atoms with van der Waals surface area (Å²) in [6, 6.07) is 0. The molecule has 110 valence electrons. The minimum Gasteiger partial charge on any atom is -0.340 e. The number of piperidine rings is 1. The number of aromatic nitrogens is 1. The lowest BCUT2D eigenvalue weighted by atomic mass is 9.96. The van der Waals surface area contributed by atoms with Crippen LogP contribution in [0.2, 0.25) is 0 Å². The quantitative estimate of drug-likeness (QED) is 0.895. The van der Waals surface area contributed by atoms with Crippen LogP contribution in [-0.4, -0.2) is 60.0 Å². The van der Waals surface area contributed by atoms with E-state index >= 15 is 0 Å². The van der Waals surface area contributed by atoms with Gasteiger partial charge in [0.1, 0.15) is 5.01 Å². The number of nitrogens with zero attached hydrogens (tertiary/aromatic N) is 3. The molecule has 1 aromatic heterocycles. The number of hydrogen-bond donors (Lipinski definition) is 1. The van der Waals surface area contributed by atoms with Crippen molar-refractivity contribution in [2.24, 2.45) is 5.92 Å². The number of thiazole rings is 1. The van der Waals surface area contributed by atoms with Gasteiger partial charge in [0.15, 0.2) is 0 Å². The Morgan fingerprint density at radius 2 is 2.25 bits per heavy atom. The third-order valence-electron chi connectivity index (χ3n) is 4.13. The summed E-state index contributed by atoms with van der Waals surface area (Å²) in [4.78, 5) is 21.3.